The maximum atomic E-state index is 13.8. The van der Waals surface area contributed by atoms with E-state index in [9.17, 15) is 4.39 Å². The number of hydrogen-bond donors (Lipinski definition) is 0. The summed E-state index contributed by atoms with van der Waals surface area (Å²) >= 11 is 0. The summed E-state index contributed by atoms with van der Waals surface area (Å²) in [6.45, 7) is 0.431. The van der Waals surface area contributed by atoms with Gasteiger partial charge in [0.2, 0.25) is 0 Å². The van der Waals surface area contributed by atoms with Crippen molar-refractivity contribution in [1.29, 1.82) is 0 Å². The molecule has 0 atom stereocenters. The fraction of sp³-hybridized carbons (Fsp3) is 0.667. The van der Waals surface area contributed by atoms with Crippen molar-refractivity contribution in [3.63, 3.8) is 0 Å². The summed E-state index contributed by atoms with van der Waals surface area (Å²) < 4.78 is 15.5. The Morgan fingerprint density at radius 2 is 2.17 bits per heavy atom. The third-order valence-corrected chi connectivity index (χ3v) is 2.50. The topological polar surface area (TPSA) is 17.8 Å². The van der Waals surface area contributed by atoms with Gasteiger partial charge in [0.05, 0.1) is 6.54 Å². The molecule has 66 valence electrons. The van der Waals surface area contributed by atoms with Gasteiger partial charge in [-0.1, -0.05) is 12.8 Å². The normalized spacial score (nSPS) is 21.4. The van der Waals surface area contributed by atoms with Gasteiger partial charge in [-0.25, -0.2) is 4.39 Å². The molecule has 0 bridgehead atoms. The van der Waals surface area contributed by atoms with Crippen LogP contribution < -0.4 is 0 Å². The molecule has 1 aromatic rings. The molecule has 1 fully saturated rings. The predicted molar refractivity (Wildman–Crippen MR) is 44.5 cm³/mol. The quantitative estimate of drug-likeness (QED) is 0.661. The standard InChI is InChI=1S/C9H13FN2/c10-9(4-1-2-5-9)8-12-7-3-6-11-12/h3,6-7H,1-2,4-5,8H2. The molecule has 2 rings (SSSR count). The van der Waals surface area contributed by atoms with Crippen LogP contribution in [0.15, 0.2) is 18.5 Å². The summed E-state index contributed by atoms with van der Waals surface area (Å²) in [5, 5.41) is 4.00. The van der Waals surface area contributed by atoms with E-state index in [1.807, 2.05) is 12.3 Å². The highest BCUT2D eigenvalue weighted by Gasteiger charge is 2.33. The van der Waals surface area contributed by atoms with Gasteiger partial charge in [0.1, 0.15) is 5.67 Å². The fourth-order valence-electron chi connectivity index (χ4n) is 1.85. The molecule has 2 nitrogen and oxygen atoms in total. The second-order valence-corrected chi connectivity index (χ2v) is 3.56. The second kappa shape index (κ2) is 2.88. The largest absolute Gasteiger partial charge is 0.270 e. The number of aromatic nitrogens is 2. The van der Waals surface area contributed by atoms with Crippen LogP contribution in [0.1, 0.15) is 25.7 Å². The van der Waals surface area contributed by atoms with Gasteiger partial charge in [0.25, 0.3) is 0 Å². The predicted octanol–water partition coefficient (Wildman–Crippen LogP) is 2.17. The lowest BCUT2D eigenvalue weighted by molar-refractivity contribution is 0.139. The molecule has 1 aliphatic rings. The Labute approximate surface area is 71.4 Å². The van der Waals surface area contributed by atoms with E-state index in [-0.39, 0.29) is 0 Å². The fourth-order valence-corrected chi connectivity index (χ4v) is 1.85. The van der Waals surface area contributed by atoms with Gasteiger partial charge in [-0.2, -0.15) is 5.10 Å². The molecule has 0 amide bonds. The minimum absolute atomic E-state index is 0.431. The van der Waals surface area contributed by atoms with Crippen molar-refractivity contribution in [3.05, 3.63) is 18.5 Å². The Kier molecular flexibility index (Phi) is 1.87. The molecular weight excluding hydrogens is 155 g/mol. The molecule has 1 aromatic heterocycles. The Morgan fingerprint density at radius 3 is 2.75 bits per heavy atom. The summed E-state index contributed by atoms with van der Waals surface area (Å²) in [6.07, 6.45) is 6.97. The number of nitrogens with zero attached hydrogens (tertiary/aromatic N) is 2. The molecule has 1 saturated carbocycles. The average Bonchev–Trinajstić information content (AvgIpc) is 2.62. The van der Waals surface area contributed by atoms with E-state index >= 15 is 0 Å². The molecule has 1 heterocycles. The lowest BCUT2D eigenvalue weighted by atomic mass is 10.1. The maximum absolute atomic E-state index is 13.8. The molecule has 0 spiro atoms. The zero-order valence-electron chi connectivity index (χ0n) is 7.04. The van der Waals surface area contributed by atoms with Gasteiger partial charge >= 0.3 is 0 Å². The highest BCUT2D eigenvalue weighted by Crippen LogP contribution is 2.34. The molecule has 1 aliphatic carbocycles. The van der Waals surface area contributed by atoms with E-state index < -0.39 is 5.67 Å². The lowest BCUT2D eigenvalue weighted by Crippen LogP contribution is -2.25. The Morgan fingerprint density at radius 1 is 1.42 bits per heavy atom. The van der Waals surface area contributed by atoms with Gasteiger partial charge in [0.15, 0.2) is 0 Å². The molecule has 0 aromatic carbocycles. The minimum atomic E-state index is -0.980. The molecule has 12 heavy (non-hydrogen) atoms. The van der Waals surface area contributed by atoms with E-state index in [1.165, 1.54) is 0 Å². The average molecular weight is 168 g/mol. The minimum Gasteiger partial charge on any atom is -0.270 e. The third-order valence-electron chi connectivity index (χ3n) is 2.50. The highest BCUT2D eigenvalue weighted by atomic mass is 19.1. The summed E-state index contributed by atoms with van der Waals surface area (Å²) in [6, 6.07) is 1.83. The van der Waals surface area contributed by atoms with Gasteiger partial charge < -0.3 is 0 Å². The zero-order valence-corrected chi connectivity index (χ0v) is 7.04. The van der Waals surface area contributed by atoms with Gasteiger partial charge in [0, 0.05) is 12.4 Å². The first kappa shape index (κ1) is 7.77. The van der Waals surface area contributed by atoms with Crippen LogP contribution in [0.5, 0.6) is 0 Å². The van der Waals surface area contributed by atoms with Crippen molar-refractivity contribution >= 4 is 0 Å². The zero-order chi connectivity index (χ0) is 8.44. The van der Waals surface area contributed by atoms with Gasteiger partial charge in [-0.05, 0) is 18.9 Å². The van der Waals surface area contributed by atoms with Crippen LogP contribution in [-0.2, 0) is 6.54 Å². The number of halogens is 1. The van der Waals surface area contributed by atoms with E-state index in [2.05, 4.69) is 5.10 Å². The van der Waals surface area contributed by atoms with E-state index in [0.29, 0.717) is 19.4 Å². The first-order valence-corrected chi connectivity index (χ1v) is 4.45. The summed E-state index contributed by atoms with van der Waals surface area (Å²) in [5.41, 5.74) is -0.980. The van der Waals surface area contributed by atoms with Crippen LogP contribution in [-0.4, -0.2) is 15.4 Å². The maximum Gasteiger partial charge on any atom is 0.130 e. The first-order valence-electron chi connectivity index (χ1n) is 4.45. The van der Waals surface area contributed by atoms with Gasteiger partial charge in [-0.15, -0.1) is 0 Å². The van der Waals surface area contributed by atoms with Crippen LogP contribution in [0.4, 0.5) is 4.39 Å². The highest BCUT2D eigenvalue weighted by molar-refractivity contribution is 4.87. The number of hydrogen-bond acceptors (Lipinski definition) is 1. The Bertz CT molecular complexity index is 237. The van der Waals surface area contributed by atoms with Crippen molar-refractivity contribution in [2.75, 3.05) is 0 Å². The Hall–Kier alpha value is -0.860. The van der Waals surface area contributed by atoms with Crippen LogP contribution in [0, 0.1) is 0 Å². The smallest absolute Gasteiger partial charge is 0.130 e. The van der Waals surface area contributed by atoms with Crippen molar-refractivity contribution in [2.45, 2.75) is 37.9 Å². The summed E-state index contributed by atoms with van der Waals surface area (Å²) in [7, 11) is 0. The monoisotopic (exact) mass is 168 g/mol. The SMILES string of the molecule is FC1(Cn2cccn2)CCCC1. The second-order valence-electron chi connectivity index (χ2n) is 3.56. The number of alkyl halides is 1. The van der Waals surface area contributed by atoms with E-state index in [1.54, 1.807) is 10.9 Å². The molecule has 3 heteroatoms. The lowest BCUT2D eigenvalue weighted by Gasteiger charge is -2.18. The van der Waals surface area contributed by atoms with Crippen molar-refractivity contribution in [3.8, 4) is 0 Å². The summed E-state index contributed by atoms with van der Waals surface area (Å²) in [4.78, 5) is 0. The van der Waals surface area contributed by atoms with Crippen molar-refractivity contribution < 1.29 is 4.39 Å². The number of rotatable bonds is 2. The van der Waals surface area contributed by atoms with Crippen LogP contribution >= 0.6 is 0 Å². The molecule has 0 aliphatic heterocycles. The van der Waals surface area contributed by atoms with Gasteiger partial charge in [-0.3, -0.25) is 4.68 Å². The van der Waals surface area contributed by atoms with Crippen LogP contribution in [0.3, 0.4) is 0 Å². The molecule has 0 N–H and O–H groups in total. The summed E-state index contributed by atoms with van der Waals surface area (Å²) in [5.74, 6) is 0. The molecule has 0 unspecified atom stereocenters. The van der Waals surface area contributed by atoms with E-state index in [0.717, 1.165) is 12.8 Å². The van der Waals surface area contributed by atoms with Crippen molar-refractivity contribution in [1.82, 2.24) is 9.78 Å². The molecule has 0 saturated heterocycles. The van der Waals surface area contributed by atoms with Crippen molar-refractivity contribution in [2.24, 2.45) is 0 Å². The first-order chi connectivity index (χ1) is 5.79. The molecule has 0 radical (unpaired) electrons. The van der Waals surface area contributed by atoms with Crippen LogP contribution in [0.25, 0.3) is 0 Å². The third kappa shape index (κ3) is 1.49. The van der Waals surface area contributed by atoms with E-state index in [4.69, 9.17) is 0 Å². The molecular formula is C9H13FN2. The Balaban J connectivity index is 2.02. The van der Waals surface area contributed by atoms with Crippen LogP contribution in [0.2, 0.25) is 0 Å².